The first-order valence-corrected chi connectivity index (χ1v) is 12.4. The third-order valence-electron chi connectivity index (χ3n) is 5.44. The summed E-state index contributed by atoms with van der Waals surface area (Å²) >= 11 is 0. The molecule has 0 atom stereocenters. The predicted octanol–water partition coefficient (Wildman–Crippen LogP) is 4.99. The summed E-state index contributed by atoms with van der Waals surface area (Å²) < 4.78 is 17.9. The van der Waals surface area contributed by atoms with Gasteiger partial charge in [0.2, 0.25) is 0 Å². The lowest BCUT2D eigenvalue weighted by Gasteiger charge is -2.16. The molecule has 0 bridgehead atoms. The summed E-state index contributed by atoms with van der Waals surface area (Å²) in [5, 5.41) is 12.4. The summed E-state index contributed by atoms with van der Waals surface area (Å²) in [5.41, 5.74) is 4.38. The Labute approximate surface area is 180 Å². The molecular weight excluding hydrogens is 413 g/mol. The fourth-order valence-corrected chi connectivity index (χ4v) is 4.78. The van der Waals surface area contributed by atoms with E-state index in [0.29, 0.717) is 5.30 Å². The SMILES string of the molecule is CP(C)(=O)c1ccc(C(=O)O)c(NC(=O)OCC2c3ccccc3-c3ccccc32)c1. The average molecular weight is 435 g/mol. The van der Waals surface area contributed by atoms with E-state index >= 15 is 0 Å². The maximum atomic E-state index is 12.5. The largest absolute Gasteiger partial charge is 0.478 e. The third-order valence-corrected chi connectivity index (χ3v) is 6.96. The highest BCUT2D eigenvalue weighted by Crippen LogP contribution is 2.44. The molecule has 0 saturated heterocycles. The van der Waals surface area contributed by atoms with Gasteiger partial charge < -0.3 is 14.4 Å². The Kier molecular flexibility index (Phi) is 5.42. The van der Waals surface area contributed by atoms with Crippen molar-refractivity contribution < 1.29 is 24.0 Å². The number of anilines is 1. The van der Waals surface area contributed by atoms with Crippen LogP contribution in [-0.4, -0.2) is 37.1 Å². The summed E-state index contributed by atoms with van der Waals surface area (Å²) in [6.45, 7) is 3.28. The Balaban J connectivity index is 1.54. The summed E-state index contributed by atoms with van der Waals surface area (Å²) in [4.78, 5) is 24.1. The molecule has 6 nitrogen and oxygen atoms in total. The molecule has 0 aliphatic heterocycles. The molecule has 0 aromatic heterocycles. The van der Waals surface area contributed by atoms with Gasteiger partial charge in [-0.3, -0.25) is 5.32 Å². The van der Waals surface area contributed by atoms with Crippen molar-refractivity contribution in [2.45, 2.75) is 5.92 Å². The number of carboxylic acid groups (broad SMARTS) is 1. The van der Waals surface area contributed by atoms with Crippen molar-refractivity contribution in [2.75, 3.05) is 25.3 Å². The molecule has 1 aliphatic carbocycles. The number of ether oxygens (including phenoxy) is 1. The molecule has 31 heavy (non-hydrogen) atoms. The van der Waals surface area contributed by atoms with E-state index in [-0.39, 0.29) is 23.8 Å². The number of carbonyl (C=O) groups excluding carboxylic acids is 1. The van der Waals surface area contributed by atoms with Crippen molar-refractivity contribution in [2.24, 2.45) is 0 Å². The van der Waals surface area contributed by atoms with Crippen LogP contribution in [0.2, 0.25) is 0 Å². The zero-order valence-electron chi connectivity index (χ0n) is 17.2. The zero-order chi connectivity index (χ0) is 22.2. The van der Waals surface area contributed by atoms with Crippen LogP contribution in [-0.2, 0) is 9.30 Å². The highest BCUT2D eigenvalue weighted by atomic mass is 31.2. The molecule has 1 amide bonds. The molecule has 7 heteroatoms. The number of carbonyl (C=O) groups is 2. The Morgan fingerprint density at radius 1 is 0.968 bits per heavy atom. The molecule has 0 spiro atoms. The van der Waals surface area contributed by atoms with Crippen LogP contribution >= 0.6 is 7.14 Å². The van der Waals surface area contributed by atoms with Gasteiger partial charge in [0.15, 0.2) is 0 Å². The highest BCUT2D eigenvalue weighted by molar-refractivity contribution is 7.70. The van der Waals surface area contributed by atoms with Gasteiger partial charge in [0.25, 0.3) is 0 Å². The fourth-order valence-electron chi connectivity index (χ4n) is 3.90. The lowest BCUT2D eigenvalue weighted by molar-refractivity contribution is 0.0698. The second kappa shape index (κ2) is 8.05. The quantitative estimate of drug-likeness (QED) is 0.551. The van der Waals surface area contributed by atoms with Gasteiger partial charge in [-0.2, -0.15) is 0 Å². The van der Waals surface area contributed by atoms with Gasteiger partial charge in [-0.15, -0.1) is 0 Å². The van der Waals surface area contributed by atoms with Crippen LogP contribution in [0.4, 0.5) is 10.5 Å². The number of aromatic carboxylic acids is 1. The molecular formula is C24H22NO5P. The first-order chi connectivity index (χ1) is 14.8. The molecule has 3 aromatic carbocycles. The first kappa shape index (κ1) is 20.9. The Morgan fingerprint density at radius 3 is 2.10 bits per heavy atom. The molecule has 0 fully saturated rings. The fraction of sp³-hybridized carbons (Fsp3) is 0.167. The van der Waals surface area contributed by atoms with Gasteiger partial charge in [0.05, 0.1) is 11.3 Å². The summed E-state index contributed by atoms with van der Waals surface area (Å²) in [6.07, 6.45) is -0.761. The van der Waals surface area contributed by atoms with E-state index in [2.05, 4.69) is 5.32 Å². The van der Waals surface area contributed by atoms with Crippen LogP contribution < -0.4 is 10.6 Å². The second-order valence-corrected chi connectivity index (χ2v) is 11.1. The summed E-state index contributed by atoms with van der Waals surface area (Å²) in [5.74, 6) is -1.29. The summed E-state index contributed by atoms with van der Waals surface area (Å²) in [6, 6.07) is 20.3. The predicted molar refractivity (Wildman–Crippen MR) is 121 cm³/mol. The smallest absolute Gasteiger partial charge is 0.411 e. The van der Waals surface area contributed by atoms with E-state index in [1.54, 1.807) is 13.3 Å². The highest BCUT2D eigenvalue weighted by Gasteiger charge is 2.29. The van der Waals surface area contributed by atoms with E-state index in [1.165, 1.54) is 18.2 Å². The number of rotatable bonds is 5. The van der Waals surface area contributed by atoms with Crippen molar-refractivity contribution in [1.82, 2.24) is 0 Å². The first-order valence-electron chi connectivity index (χ1n) is 9.80. The molecule has 3 aromatic rings. The molecule has 2 N–H and O–H groups in total. The third kappa shape index (κ3) is 4.12. The van der Waals surface area contributed by atoms with Crippen molar-refractivity contribution in [3.05, 3.63) is 83.4 Å². The monoisotopic (exact) mass is 435 g/mol. The van der Waals surface area contributed by atoms with Gasteiger partial charge in [0, 0.05) is 11.2 Å². The van der Waals surface area contributed by atoms with E-state index in [4.69, 9.17) is 4.74 Å². The average Bonchev–Trinajstić information content (AvgIpc) is 3.05. The van der Waals surface area contributed by atoms with Crippen LogP contribution in [0.5, 0.6) is 0 Å². The van der Waals surface area contributed by atoms with Gasteiger partial charge in [-0.25, -0.2) is 9.59 Å². The molecule has 0 radical (unpaired) electrons. The molecule has 158 valence electrons. The van der Waals surface area contributed by atoms with Crippen LogP contribution in [0.25, 0.3) is 11.1 Å². The summed E-state index contributed by atoms with van der Waals surface area (Å²) in [7, 11) is -2.63. The van der Waals surface area contributed by atoms with E-state index in [1.807, 2.05) is 48.5 Å². The van der Waals surface area contributed by atoms with E-state index in [9.17, 15) is 19.3 Å². The lowest BCUT2D eigenvalue weighted by Crippen LogP contribution is -2.20. The molecule has 0 saturated carbocycles. The van der Waals surface area contributed by atoms with Crippen molar-refractivity contribution in [1.29, 1.82) is 0 Å². The minimum atomic E-state index is -2.63. The molecule has 4 rings (SSSR count). The minimum absolute atomic E-state index is 0.0612. The van der Waals surface area contributed by atoms with Gasteiger partial charge >= 0.3 is 12.1 Å². The van der Waals surface area contributed by atoms with Crippen LogP contribution in [0.3, 0.4) is 0 Å². The minimum Gasteiger partial charge on any atom is -0.478 e. The van der Waals surface area contributed by atoms with E-state index < -0.39 is 19.2 Å². The second-order valence-electron chi connectivity index (χ2n) is 7.84. The number of fused-ring (bicyclic) bond motifs is 3. The normalized spacial score (nSPS) is 12.7. The number of nitrogens with one attached hydrogen (secondary N) is 1. The number of amides is 1. The topological polar surface area (TPSA) is 92.7 Å². The number of hydrogen-bond donors (Lipinski definition) is 2. The van der Waals surface area contributed by atoms with Crippen LogP contribution in [0.1, 0.15) is 27.4 Å². The van der Waals surface area contributed by atoms with Crippen molar-refractivity contribution in [3.8, 4) is 11.1 Å². The Hall–Kier alpha value is -3.37. The zero-order valence-corrected chi connectivity index (χ0v) is 18.1. The standard InChI is InChI=1S/C24H22NO5P/c1-31(2,29)15-11-12-20(23(26)27)22(13-15)25-24(28)30-14-21-18-9-5-3-7-16(18)17-8-4-6-10-19(17)21/h3-13,21H,14H2,1-2H3,(H,25,28)(H,26,27). The van der Waals surface area contributed by atoms with Crippen molar-refractivity contribution in [3.63, 3.8) is 0 Å². The number of carboxylic acids is 1. The lowest BCUT2D eigenvalue weighted by atomic mass is 9.98. The molecule has 1 aliphatic rings. The van der Waals surface area contributed by atoms with Gasteiger partial charge in [-0.05, 0) is 47.7 Å². The molecule has 0 heterocycles. The Morgan fingerprint density at radius 2 is 1.55 bits per heavy atom. The van der Waals surface area contributed by atoms with E-state index in [0.717, 1.165) is 22.3 Å². The van der Waals surface area contributed by atoms with Crippen molar-refractivity contribution >= 4 is 30.2 Å². The Bertz CT molecular complexity index is 1180. The maximum Gasteiger partial charge on any atom is 0.411 e. The molecule has 0 unspecified atom stereocenters. The number of hydrogen-bond acceptors (Lipinski definition) is 4. The van der Waals surface area contributed by atoms with Gasteiger partial charge in [0.1, 0.15) is 13.7 Å². The number of benzene rings is 3. The van der Waals surface area contributed by atoms with Gasteiger partial charge in [-0.1, -0.05) is 54.6 Å². The van der Waals surface area contributed by atoms with Crippen LogP contribution in [0.15, 0.2) is 66.7 Å². The van der Waals surface area contributed by atoms with Crippen LogP contribution in [0, 0.1) is 0 Å². The maximum absolute atomic E-state index is 12.5.